The number of ketones is 1. The summed E-state index contributed by atoms with van der Waals surface area (Å²) < 4.78 is 5.46. The minimum absolute atomic E-state index is 0.0148. The molecule has 6 nitrogen and oxygen atoms in total. The van der Waals surface area contributed by atoms with Crippen LogP contribution in [0, 0.1) is 0 Å². The maximum absolute atomic E-state index is 12.1. The lowest BCUT2D eigenvalue weighted by Gasteiger charge is -2.36. The Morgan fingerprint density at radius 3 is 2.26 bits per heavy atom. The Morgan fingerprint density at radius 1 is 0.935 bits per heavy atom. The van der Waals surface area contributed by atoms with Gasteiger partial charge in [-0.2, -0.15) is 0 Å². The van der Waals surface area contributed by atoms with E-state index in [1.165, 1.54) is 5.69 Å². The number of Topliss-reactive ketones (excluding diaryl/α,β-unsaturated/α-hetero) is 1. The van der Waals surface area contributed by atoms with Crippen LogP contribution in [0.2, 0.25) is 0 Å². The van der Waals surface area contributed by atoms with E-state index in [0.717, 1.165) is 51.3 Å². The van der Waals surface area contributed by atoms with Gasteiger partial charge < -0.3 is 15.0 Å². The molecule has 1 fully saturated rings. The topological polar surface area (TPSA) is 61.9 Å². The van der Waals surface area contributed by atoms with Crippen LogP contribution in [0.3, 0.4) is 0 Å². The molecule has 1 N–H and O–H groups in total. The van der Waals surface area contributed by atoms with Gasteiger partial charge in [-0.05, 0) is 50.6 Å². The Kier molecular flexibility index (Phi) is 9.06. The van der Waals surface area contributed by atoms with Crippen LogP contribution >= 0.6 is 0 Å². The zero-order valence-electron chi connectivity index (χ0n) is 18.3. The largest absolute Gasteiger partial charge is 0.369 e. The maximum Gasteiger partial charge on any atom is 0.253 e. The van der Waals surface area contributed by atoms with Crippen molar-refractivity contribution < 1.29 is 14.3 Å². The molecule has 0 saturated carbocycles. The highest BCUT2D eigenvalue weighted by molar-refractivity contribution is 5.94. The Bertz CT molecular complexity index is 805. The second-order valence-electron chi connectivity index (χ2n) is 7.97. The lowest BCUT2D eigenvalue weighted by Crippen LogP contribution is -2.46. The Labute approximate surface area is 185 Å². The van der Waals surface area contributed by atoms with E-state index >= 15 is 0 Å². The highest BCUT2D eigenvalue weighted by Crippen LogP contribution is 2.16. The fraction of sp³-hybridized carbons (Fsp3) is 0.440. The van der Waals surface area contributed by atoms with Gasteiger partial charge >= 0.3 is 0 Å². The lowest BCUT2D eigenvalue weighted by molar-refractivity contribution is -0.132. The number of nitrogens with one attached hydrogen (secondary N) is 1. The number of carbonyl (C=O) groups excluding carboxylic acids is 2. The smallest absolute Gasteiger partial charge is 0.253 e. The van der Waals surface area contributed by atoms with Crippen molar-refractivity contribution in [2.24, 2.45) is 0 Å². The summed E-state index contributed by atoms with van der Waals surface area (Å²) in [5.74, 6) is -0.193. The number of para-hydroxylation sites is 2. The molecule has 31 heavy (non-hydrogen) atoms. The molecule has 2 aromatic rings. The molecule has 0 bridgehead atoms. The fourth-order valence-electron chi connectivity index (χ4n) is 3.66. The van der Waals surface area contributed by atoms with Gasteiger partial charge in [0.05, 0.1) is 0 Å². The van der Waals surface area contributed by atoms with Crippen LogP contribution in [0.4, 0.5) is 11.4 Å². The number of amides is 1. The molecule has 0 aliphatic carbocycles. The van der Waals surface area contributed by atoms with Crippen molar-refractivity contribution in [2.45, 2.75) is 32.3 Å². The van der Waals surface area contributed by atoms with Crippen LogP contribution in [-0.2, 0) is 14.3 Å². The molecule has 0 radical (unpaired) electrons. The molecule has 1 atom stereocenters. The second kappa shape index (κ2) is 12.2. The molecule has 1 heterocycles. The average Bonchev–Trinajstić information content (AvgIpc) is 2.82. The standard InChI is InChI=1S/C25H33N3O3/c1-21(25(30)26-22-10-4-2-5-11-22)31-20-24(29)14-8-9-15-27-16-18-28(19-17-27)23-12-6-3-7-13-23/h2-7,10-13,21H,8-9,14-20H2,1H3,(H,26,30). The summed E-state index contributed by atoms with van der Waals surface area (Å²) in [6, 6.07) is 19.8. The van der Waals surface area contributed by atoms with Crippen molar-refractivity contribution in [1.29, 1.82) is 0 Å². The van der Waals surface area contributed by atoms with Gasteiger partial charge in [0.25, 0.3) is 5.91 Å². The number of benzene rings is 2. The first-order valence-electron chi connectivity index (χ1n) is 11.1. The average molecular weight is 424 g/mol. The summed E-state index contributed by atoms with van der Waals surface area (Å²) in [7, 11) is 0. The summed E-state index contributed by atoms with van der Waals surface area (Å²) in [6.07, 6.45) is 1.69. The number of rotatable bonds is 11. The fourth-order valence-corrected chi connectivity index (χ4v) is 3.66. The minimum atomic E-state index is -0.662. The number of hydrogen-bond donors (Lipinski definition) is 1. The van der Waals surface area contributed by atoms with E-state index < -0.39 is 6.10 Å². The molecule has 2 aromatic carbocycles. The van der Waals surface area contributed by atoms with Gasteiger partial charge in [0.15, 0.2) is 5.78 Å². The summed E-state index contributed by atoms with van der Waals surface area (Å²) in [5.41, 5.74) is 2.01. The zero-order chi connectivity index (χ0) is 21.9. The van der Waals surface area contributed by atoms with E-state index in [4.69, 9.17) is 4.74 Å². The molecule has 1 unspecified atom stereocenters. The number of ether oxygens (including phenoxy) is 1. The van der Waals surface area contributed by atoms with Crippen molar-refractivity contribution in [2.75, 3.05) is 49.5 Å². The molecule has 1 saturated heterocycles. The maximum atomic E-state index is 12.1. The summed E-state index contributed by atoms with van der Waals surface area (Å²) in [5, 5.41) is 2.78. The number of anilines is 2. The van der Waals surface area contributed by atoms with Gasteiger partial charge in [-0.15, -0.1) is 0 Å². The number of carbonyl (C=O) groups is 2. The molecule has 0 aromatic heterocycles. The van der Waals surface area contributed by atoms with E-state index in [0.29, 0.717) is 6.42 Å². The van der Waals surface area contributed by atoms with Crippen molar-refractivity contribution in [1.82, 2.24) is 4.90 Å². The molecule has 1 amide bonds. The van der Waals surface area contributed by atoms with E-state index in [9.17, 15) is 9.59 Å². The van der Waals surface area contributed by atoms with Gasteiger partial charge in [-0.1, -0.05) is 36.4 Å². The number of unbranched alkanes of at least 4 members (excludes halogenated alkanes) is 1. The van der Waals surface area contributed by atoms with E-state index in [1.54, 1.807) is 6.92 Å². The Morgan fingerprint density at radius 2 is 1.58 bits per heavy atom. The van der Waals surface area contributed by atoms with Crippen molar-refractivity contribution in [3.05, 3.63) is 60.7 Å². The summed E-state index contributed by atoms with van der Waals surface area (Å²) in [4.78, 5) is 29.1. The minimum Gasteiger partial charge on any atom is -0.369 e. The first kappa shape index (κ1) is 23.0. The van der Waals surface area contributed by atoms with Crippen LogP contribution in [-0.4, -0.2) is 62.0 Å². The first-order chi connectivity index (χ1) is 15.1. The van der Waals surface area contributed by atoms with Crippen molar-refractivity contribution >= 4 is 23.1 Å². The van der Waals surface area contributed by atoms with Crippen LogP contribution in [0.15, 0.2) is 60.7 Å². The monoisotopic (exact) mass is 423 g/mol. The van der Waals surface area contributed by atoms with Crippen molar-refractivity contribution in [3.63, 3.8) is 0 Å². The highest BCUT2D eigenvalue weighted by atomic mass is 16.5. The quantitative estimate of drug-likeness (QED) is 0.560. The van der Waals surface area contributed by atoms with Crippen LogP contribution < -0.4 is 10.2 Å². The summed E-state index contributed by atoms with van der Waals surface area (Å²) >= 11 is 0. The second-order valence-corrected chi connectivity index (χ2v) is 7.97. The Hall–Kier alpha value is -2.70. The third-order valence-electron chi connectivity index (χ3n) is 5.58. The predicted molar refractivity (Wildman–Crippen MR) is 124 cm³/mol. The molecule has 1 aliphatic rings. The molecular weight excluding hydrogens is 390 g/mol. The third kappa shape index (κ3) is 7.81. The van der Waals surface area contributed by atoms with Crippen molar-refractivity contribution in [3.8, 4) is 0 Å². The van der Waals surface area contributed by atoms with Gasteiger partial charge in [0, 0.05) is 44.0 Å². The number of nitrogens with zero attached hydrogens (tertiary/aromatic N) is 2. The predicted octanol–water partition coefficient (Wildman–Crippen LogP) is 3.59. The van der Waals surface area contributed by atoms with Crippen LogP contribution in [0.1, 0.15) is 26.2 Å². The van der Waals surface area contributed by atoms with Gasteiger partial charge in [0.1, 0.15) is 12.7 Å². The van der Waals surface area contributed by atoms with E-state index in [1.807, 2.05) is 36.4 Å². The number of piperazine rings is 1. The molecule has 3 rings (SSSR count). The lowest BCUT2D eigenvalue weighted by atomic mass is 10.1. The van der Waals surface area contributed by atoms with E-state index in [-0.39, 0.29) is 18.3 Å². The van der Waals surface area contributed by atoms with Gasteiger partial charge in [0.2, 0.25) is 0 Å². The Balaban J connectivity index is 1.24. The SMILES string of the molecule is CC(OCC(=O)CCCCN1CCN(c2ccccc2)CC1)C(=O)Nc1ccccc1. The molecular formula is C25H33N3O3. The number of hydrogen-bond acceptors (Lipinski definition) is 5. The van der Waals surface area contributed by atoms with E-state index in [2.05, 4.69) is 39.4 Å². The normalized spacial score (nSPS) is 15.5. The van der Waals surface area contributed by atoms with Gasteiger partial charge in [-0.3, -0.25) is 14.5 Å². The molecule has 166 valence electrons. The van der Waals surface area contributed by atoms with Crippen LogP contribution in [0.25, 0.3) is 0 Å². The zero-order valence-corrected chi connectivity index (χ0v) is 18.3. The molecule has 1 aliphatic heterocycles. The third-order valence-corrected chi connectivity index (χ3v) is 5.58. The molecule has 6 heteroatoms. The first-order valence-corrected chi connectivity index (χ1v) is 11.1. The van der Waals surface area contributed by atoms with Gasteiger partial charge in [-0.25, -0.2) is 0 Å². The van der Waals surface area contributed by atoms with Crippen LogP contribution in [0.5, 0.6) is 0 Å². The molecule has 0 spiro atoms. The highest BCUT2D eigenvalue weighted by Gasteiger charge is 2.17. The summed E-state index contributed by atoms with van der Waals surface area (Å²) in [6.45, 7) is 6.87.